The van der Waals surface area contributed by atoms with Crippen LogP contribution in [0.15, 0.2) is 65.1 Å². The topological polar surface area (TPSA) is 80.7 Å². The lowest BCUT2D eigenvalue weighted by atomic mass is 9.91. The van der Waals surface area contributed by atoms with Gasteiger partial charge in [0.2, 0.25) is 0 Å². The van der Waals surface area contributed by atoms with Crippen molar-refractivity contribution in [2.45, 2.75) is 18.2 Å². The third-order valence-electron chi connectivity index (χ3n) is 3.82. The Bertz CT molecular complexity index is 882. The molecule has 138 valence electrons. The Hall–Kier alpha value is -2.44. The molecule has 0 aromatic heterocycles. The third kappa shape index (κ3) is 4.80. The highest BCUT2D eigenvalue weighted by atomic mass is 32.2. The first-order chi connectivity index (χ1) is 12.4. The number of carbonyl (C=O) groups excluding carboxylic acids is 1. The lowest BCUT2D eigenvalue weighted by Gasteiger charge is -2.15. The van der Waals surface area contributed by atoms with E-state index in [4.69, 9.17) is 4.74 Å². The molecule has 0 fully saturated rings. The molecule has 0 bridgehead atoms. The summed E-state index contributed by atoms with van der Waals surface area (Å²) in [6, 6.07) is 15.6. The van der Waals surface area contributed by atoms with Gasteiger partial charge in [-0.3, -0.25) is 0 Å². The second-order valence-corrected chi connectivity index (χ2v) is 7.73. The smallest absolute Gasteiger partial charge is 0.334 e. The van der Waals surface area contributed by atoms with E-state index in [1.54, 1.807) is 19.1 Å². The average Bonchev–Trinajstić information content (AvgIpc) is 2.62. The number of esters is 1. The zero-order valence-corrected chi connectivity index (χ0v) is 15.6. The fraction of sp³-hybridized carbons (Fsp3) is 0.250. The van der Waals surface area contributed by atoms with Gasteiger partial charge in [-0.2, -0.15) is 0 Å². The van der Waals surface area contributed by atoms with Gasteiger partial charge >= 0.3 is 5.97 Å². The van der Waals surface area contributed by atoms with Gasteiger partial charge in [0, 0.05) is 24.9 Å². The number of ether oxygens (including phenoxy) is 1. The SMILES string of the molecule is CCOC(=O)C(CCO)=C(c1ccccc1)c1ccc(S(C)(=O)=O)cc1. The van der Waals surface area contributed by atoms with Gasteiger partial charge < -0.3 is 9.84 Å². The molecule has 0 saturated carbocycles. The van der Waals surface area contributed by atoms with E-state index in [1.165, 1.54) is 12.1 Å². The van der Waals surface area contributed by atoms with E-state index in [0.717, 1.165) is 11.8 Å². The molecule has 0 unspecified atom stereocenters. The zero-order chi connectivity index (χ0) is 19.2. The molecule has 0 aliphatic rings. The molecule has 26 heavy (non-hydrogen) atoms. The second kappa shape index (κ2) is 8.78. The normalized spacial score (nSPS) is 12.4. The summed E-state index contributed by atoms with van der Waals surface area (Å²) in [5.74, 6) is -0.493. The molecule has 6 heteroatoms. The van der Waals surface area contributed by atoms with Crippen LogP contribution in [0.1, 0.15) is 24.5 Å². The summed E-state index contributed by atoms with van der Waals surface area (Å²) < 4.78 is 28.5. The standard InChI is InChI=1S/C20H22O5S/c1-3-25-20(22)18(13-14-21)19(15-7-5-4-6-8-15)16-9-11-17(12-10-16)26(2,23)24/h4-12,21H,3,13-14H2,1-2H3. The number of benzene rings is 2. The molecule has 2 aromatic rings. The fourth-order valence-corrected chi connectivity index (χ4v) is 3.28. The number of hydrogen-bond acceptors (Lipinski definition) is 5. The van der Waals surface area contributed by atoms with Crippen LogP contribution in [0.4, 0.5) is 0 Å². The van der Waals surface area contributed by atoms with Gasteiger partial charge in [-0.15, -0.1) is 0 Å². The molecule has 1 N–H and O–H groups in total. The summed E-state index contributed by atoms with van der Waals surface area (Å²) in [7, 11) is -3.31. The van der Waals surface area contributed by atoms with Crippen LogP contribution in [0, 0.1) is 0 Å². The van der Waals surface area contributed by atoms with Crippen molar-refractivity contribution < 1.29 is 23.1 Å². The van der Waals surface area contributed by atoms with Crippen LogP contribution >= 0.6 is 0 Å². The maximum absolute atomic E-state index is 12.5. The molecule has 0 aliphatic heterocycles. The summed E-state index contributed by atoms with van der Waals surface area (Å²) in [6.45, 7) is 1.74. The second-order valence-electron chi connectivity index (χ2n) is 5.71. The fourth-order valence-electron chi connectivity index (χ4n) is 2.65. The van der Waals surface area contributed by atoms with E-state index in [2.05, 4.69) is 0 Å². The van der Waals surface area contributed by atoms with Gasteiger partial charge in [-0.1, -0.05) is 42.5 Å². The highest BCUT2D eigenvalue weighted by Crippen LogP contribution is 2.30. The van der Waals surface area contributed by atoms with Crippen LogP contribution in [-0.2, 0) is 19.4 Å². The minimum atomic E-state index is -3.31. The lowest BCUT2D eigenvalue weighted by molar-refractivity contribution is -0.138. The molecular weight excluding hydrogens is 352 g/mol. The summed E-state index contributed by atoms with van der Waals surface area (Å²) in [5.41, 5.74) is 2.45. The van der Waals surface area contributed by atoms with Crippen LogP contribution in [0.2, 0.25) is 0 Å². The van der Waals surface area contributed by atoms with E-state index in [-0.39, 0.29) is 24.5 Å². The van der Waals surface area contributed by atoms with Crippen molar-refractivity contribution in [3.63, 3.8) is 0 Å². The number of aliphatic hydroxyl groups is 1. The molecule has 0 heterocycles. The van der Waals surface area contributed by atoms with E-state index in [1.807, 2.05) is 30.3 Å². The van der Waals surface area contributed by atoms with Gasteiger partial charge in [-0.05, 0) is 35.8 Å². The monoisotopic (exact) mass is 374 g/mol. The summed E-state index contributed by atoms with van der Waals surface area (Å²) >= 11 is 0. The number of rotatable bonds is 7. The Kier molecular flexibility index (Phi) is 6.71. The summed E-state index contributed by atoms with van der Waals surface area (Å²) in [5, 5.41) is 9.43. The minimum absolute atomic E-state index is 0.136. The van der Waals surface area contributed by atoms with E-state index in [0.29, 0.717) is 16.7 Å². The molecule has 0 radical (unpaired) electrons. The van der Waals surface area contributed by atoms with Gasteiger partial charge in [0.05, 0.1) is 11.5 Å². The van der Waals surface area contributed by atoms with Gasteiger partial charge in [0.25, 0.3) is 0 Å². The van der Waals surface area contributed by atoms with Crippen molar-refractivity contribution in [2.75, 3.05) is 19.5 Å². The van der Waals surface area contributed by atoms with Crippen LogP contribution < -0.4 is 0 Å². The lowest BCUT2D eigenvalue weighted by Crippen LogP contribution is -2.12. The van der Waals surface area contributed by atoms with Crippen molar-refractivity contribution in [3.05, 3.63) is 71.3 Å². The van der Waals surface area contributed by atoms with Crippen LogP contribution in [-0.4, -0.2) is 39.0 Å². The highest BCUT2D eigenvalue weighted by Gasteiger charge is 2.19. The third-order valence-corrected chi connectivity index (χ3v) is 4.95. The number of sulfone groups is 1. The Balaban J connectivity index is 2.68. The van der Waals surface area contributed by atoms with Gasteiger partial charge in [0.15, 0.2) is 9.84 Å². The van der Waals surface area contributed by atoms with Crippen LogP contribution in [0.3, 0.4) is 0 Å². The maximum Gasteiger partial charge on any atom is 0.334 e. The molecule has 2 aromatic carbocycles. The molecule has 5 nitrogen and oxygen atoms in total. The van der Waals surface area contributed by atoms with Crippen molar-refractivity contribution in [3.8, 4) is 0 Å². The Morgan fingerprint density at radius 1 is 1.00 bits per heavy atom. The largest absolute Gasteiger partial charge is 0.463 e. The molecule has 0 atom stereocenters. The van der Waals surface area contributed by atoms with Crippen molar-refractivity contribution in [1.82, 2.24) is 0 Å². The van der Waals surface area contributed by atoms with Gasteiger partial charge in [0.1, 0.15) is 0 Å². The Labute approximate surface area is 153 Å². The first kappa shape index (κ1) is 19.9. The molecule has 0 aliphatic carbocycles. The molecule has 2 rings (SSSR count). The van der Waals surface area contributed by atoms with Crippen molar-refractivity contribution in [1.29, 1.82) is 0 Å². The minimum Gasteiger partial charge on any atom is -0.463 e. The molecule has 0 amide bonds. The Morgan fingerprint density at radius 3 is 2.08 bits per heavy atom. The molecule has 0 saturated heterocycles. The zero-order valence-electron chi connectivity index (χ0n) is 14.8. The van der Waals surface area contributed by atoms with Gasteiger partial charge in [-0.25, -0.2) is 13.2 Å². The van der Waals surface area contributed by atoms with Crippen molar-refractivity contribution in [2.24, 2.45) is 0 Å². The average molecular weight is 374 g/mol. The number of hydrogen-bond donors (Lipinski definition) is 1. The number of carbonyl (C=O) groups is 1. The Morgan fingerprint density at radius 2 is 1.58 bits per heavy atom. The maximum atomic E-state index is 12.5. The van der Waals surface area contributed by atoms with E-state index < -0.39 is 15.8 Å². The predicted molar refractivity (Wildman–Crippen MR) is 100 cm³/mol. The number of aliphatic hydroxyl groups excluding tert-OH is 1. The summed E-state index contributed by atoms with van der Waals surface area (Å²) in [4.78, 5) is 12.7. The predicted octanol–water partition coefficient (Wildman–Crippen LogP) is 2.84. The quantitative estimate of drug-likeness (QED) is 0.595. The van der Waals surface area contributed by atoms with E-state index >= 15 is 0 Å². The van der Waals surface area contributed by atoms with Crippen molar-refractivity contribution >= 4 is 21.4 Å². The van der Waals surface area contributed by atoms with E-state index in [9.17, 15) is 18.3 Å². The first-order valence-corrected chi connectivity index (χ1v) is 10.1. The van der Waals surface area contributed by atoms with Crippen LogP contribution in [0.5, 0.6) is 0 Å². The highest BCUT2D eigenvalue weighted by molar-refractivity contribution is 7.90. The summed E-state index contributed by atoms with van der Waals surface area (Å²) in [6.07, 6.45) is 1.28. The molecular formula is C20H22O5S. The van der Waals surface area contributed by atoms with Crippen LogP contribution in [0.25, 0.3) is 5.57 Å². The molecule has 0 spiro atoms. The first-order valence-electron chi connectivity index (χ1n) is 8.25.